The number of aliphatic hydroxyl groups is 1. The first-order valence-electron chi connectivity index (χ1n) is 9.17. The first-order valence-corrected chi connectivity index (χ1v) is 9.17. The molecule has 27 heavy (non-hydrogen) atoms. The summed E-state index contributed by atoms with van der Waals surface area (Å²) in [6.07, 6.45) is 4.18. The van der Waals surface area contributed by atoms with Gasteiger partial charge in [0.2, 0.25) is 5.78 Å². The number of allylic oxidation sites excluding steroid dienone is 2. The summed E-state index contributed by atoms with van der Waals surface area (Å²) in [5, 5.41) is 10.1. The summed E-state index contributed by atoms with van der Waals surface area (Å²) in [6.45, 7) is 3.69. The van der Waals surface area contributed by atoms with Gasteiger partial charge in [-0.2, -0.15) is 0 Å². The van der Waals surface area contributed by atoms with Crippen molar-refractivity contribution in [2.24, 2.45) is 0 Å². The number of hydrogen-bond donors (Lipinski definition) is 1. The summed E-state index contributed by atoms with van der Waals surface area (Å²) in [6, 6.07) is 3.27. The Labute approximate surface area is 155 Å². The highest BCUT2D eigenvalue weighted by atomic mass is 16.4. The second-order valence-electron chi connectivity index (χ2n) is 7.84. The van der Waals surface area contributed by atoms with Gasteiger partial charge >= 0.3 is 0 Å². The maximum atomic E-state index is 13.2. The van der Waals surface area contributed by atoms with E-state index in [4.69, 9.17) is 4.42 Å². The maximum Gasteiger partial charge on any atom is 0.228 e. The molecule has 1 aromatic heterocycles. The number of furan rings is 1. The van der Waals surface area contributed by atoms with E-state index < -0.39 is 11.5 Å². The number of fused-ring (bicyclic) bond motifs is 3. The third-order valence-corrected chi connectivity index (χ3v) is 6.19. The Bertz CT molecular complexity index is 1100. The van der Waals surface area contributed by atoms with Gasteiger partial charge in [-0.15, -0.1) is 0 Å². The molecule has 5 nitrogen and oxygen atoms in total. The minimum absolute atomic E-state index is 0.220. The lowest BCUT2D eigenvalue weighted by Crippen LogP contribution is -2.36. The van der Waals surface area contributed by atoms with Crippen molar-refractivity contribution in [3.63, 3.8) is 0 Å². The summed E-state index contributed by atoms with van der Waals surface area (Å²) in [7, 11) is 0. The Balaban J connectivity index is 1.84. The zero-order valence-electron chi connectivity index (χ0n) is 15.1. The standard InChI is InChI=1S/C22H18O5/c1-10(23)20-11-4-3-7-22(2)15-9-13-12(16(24)5-6-17(13)25)8-14(15)19(26)21(27-20)18(11)22/h5-6,8-10,23H,3-4,7H2,1-2H3. The Morgan fingerprint density at radius 3 is 2.41 bits per heavy atom. The number of carbonyl (C=O) groups is 3. The highest BCUT2D eigenvalue weighted by Gasteiger charge is 2.48. The van der Waals surface area contributed by atoms with Gasteiger partial charge in [-0.1, -0.05) is 6.92 Å². The third kappa shape index (κ3) is 1.95. The van der Waals surface area contributed by atoms with Gasteiger partial charge < -0.3 is 9.52 Å². The Kier molecular flexibility index (Phi) is 3.12. The van der Waals surface area contributed by atoms with Crippen LogP contribution in [0.4, 0.5) is 0 Å². The Hall–Kier alpha value is -2.79. The summed E-state index contributed by atoms with van der Waals surface area (Å²) >= 11 is 0. The van der Waals surface area contributed by atoms with Crippen molar-refractivity contribution in [1.82, 2.24) is 0 Å². The molecule has 0 saturated heterocycles. The molecule has 1 aromatic carbocycles. The van der Waals surface area contributed by atoms with Crippen molar-refractivity contribution in [1.29, 1.82) is 0 Å². The fourth-order valence-electron chi connectivity index (χ4n) is 4.93. The van der Waals surface area contributed by atoms with E-state index in [0.29, 0.717) is 16.9 Å². The Morgan fingerprint density at radius 1 is 1.07 bits per heavy atom. The molecule has 5 rings (SSSR count). The molecule has 3 aliphatic carbocycles. The minimum Gasteiger partial charge on any atom is -0.454 e. The van der Waals surface area contributed by atoms with Gasteiger partial charge in [-0.3, -0.25) is 14.4 Å². The molecular weight excluding hydrogens is 344 g/mol. The van der Waals surface area contributed by atoms with Crippen molar-refractivity contribution < 1.29 is 23.9 Å². The van der Waals surface area contributed by atoms with Crippen LogP contribution < -0.4 is 0 Å². The Morgan fingerprint density at radius 2 is 1.74 bits per heavy atom. The summed E-state index contributed by atoms with van der Waals surface area (Å²) in [5.41, 5.74) is 3.07. The molecule has 1 N–H and O–H groups in total. The number of carbonyl (C=O) groups excluding carboxylic acids is 3. The van der Waals surface area contributed by atoms with E-state index in [-0.39, 0.29) is 28.7 Å². The fourth-order valence-corrected chi connectivity index (χ4v) is 4.93. The van der Waals surface area contributed by atoms with Crippen LogP contribution in [0.25, 0.3) is 0 Å². The van der Waals surface area contributed by atoms with Gasteiger partial charge in [0.15, 0.2) is 17.3 Å². The first-order chi connectivity index (χ1) is 12.8. The molecule has 5 heteroatoms. The molecule has 1 heterocycles. The molecule has 136 valence electrons. The van der Waals surface area contributed by atoms with E-state index >= 15 is 0 Å². The molecule has 2 atom stereocenters. The smallest absolute Gasteiger partial charge is 0.228 e. The van der Waals surface area contributed by atoms with E-state index in [1.54, 1.807) is 19.1 Å². The van der Waals surface area contributed by atoms with Gasteiger partial charge in [0.05, 0.1) is 0 Å². The average Bonchev–Trinajstić information content (AvgIpc) is 3.04. The predicted octanol–water partition coefficient (Wildman–Crippen LogP) is 3.45. The fraction of sp³-hybridized carbons (Fsp3) is 0.318. The summed E-state index contributed by atoms with van der Waals surface area (Å²) in [5.74, 6) is -0.0665. The van der Waals surface area contributed by atoms with E-state index in [2.05, 4.69) is 6.92 Å². The van der Waals surface area contributed by atoms with Crippen LogP contribution in [-0.2, 0) is 11.8 Å². The lowest BCUT2D eigenvalue weighted by molar-refractivity contribution is 0.0981. The van der Waals surface area contributed by atoms with Crippen molar-refractivity contribution >= 4 is 17.3 Å². The number of aliphatic hydroxyl groups excluding tert-OH is 1. The SMILES string of the molecule is CC(O)c1oc2c3c1CCCC3(C)c1cc3c(cc1C2=O)C(=O)C=CC3=O. The molecule has 0 spiro atoms. The first kappa shape index (κ1) is 16.4. The van der Waals surface area contributed by atoms with Crippen molar-refractivity contribution in [3.05, 3.63) is 69.2 Å². The van der Waals surface area contributed by atoms with E-state index in [1.165, 1.54) is 12.2 Å². The number of benzene rings is 1. The number of ketones is 3. The molecule has 0 aliphatic heterocycles. The molecule has 0 fully saturated rings. The molecular formula is C22H18O5. The van der Waals surface area contributed by atoms with Crippen molar-refractivity contribution in [2.75, 3.05) is 0 Å². The molecule has 0 radical (unpaired) electrons. The average molecular weight is 362 g/mol. The third-order valence-electron chi connectivity index (χ3n) is 6.19. The second-order valence-corrected chi connectivity index (χ2v) is 7.84. The van der Waals surface area contributed by atoms with Crippen LogP contribution in [0.2, 0.25) is 0 Å². The molecule has 3 aliphatic rings. The van der Waals surface area contributed by atoms with Crippen molar-refractivity contribution in [2.45, 2.75) is 44.6 Å². The van der Waals surface area contributed by atoms with Crippen LogP contribution in [0.3, 0.4) is 0 Å². The van der Waals surface area contributed by atoms with Crippen LogP contribution in [0.1, 0.15) is 92.1 Å². The van der Waals surface area contributed by atoms with E-state index in [0.717, 1.165) is 36.0 Å². The largest absolute Gasteiger partial charge is 0.454 e. The molecule has 0 bridgehead atoms. The lowest BCUT2D eigenvalue weighted by Gasteiger charge is -2.39. The predicted molar refractivity (Wildman–Crippen MR) is 96.4 cm³/mol. The molecule has 0 amide bonds. The van der Waals surface area contributed by atoms with Crippen LogP contribution in [0, 0.1) is 0 Å². The van der Waals surface area contributed by atoms with Crippen LogP contribution in [0.5, 0.6) is 0 Å². The lowest BCUT2D eigenvalue weighted by atomic mass is 9.62. The van der Waals surface area contributed by atoms with E-state index in [1.807, 2.05) is 0 Å². The van der Waals surface area contributed by atoms with Gasteiger partial charge in [-0.05, 0) is 56.0 Å². The van der Waals surface area contributed by atoms with Gasteiger partial charge in [0.25, 0.3) is 0 Å². The molecule has 0 saturated carbocycles. The maximum absolute atomic E-state index is 13.2. The zero-order valence-corrected chi connectivity index (χ0v) is 15.1. The second kappa shape index (κ2) is 5.14. The highest BCUT2D eigenvalue weighted by Crippen LogP contribution is 2.52. The molecule has 2 aromatic rings. The normalized spacial score (nSPS) is 23.7. The van der Waals surface area contributed by atoms with Gasteiger partial charge in [0.1, 0.15) is 11.9 Å². The summed E-state index contributed by atoms with van der Waals surface area (Å²) < 4.78 is 5.86. The quantitative estimate of drug-likeness (QED) is 0.840. The van der Waals surface area contributed by atoms with Gasteiger partial charge in [-0.25, -0.2) is 0 Å². The zero-order chi connectivity index (χ0) is 19.1. The monoisotopic (exact) mass is 362 g/mol. The van der Waals surface area contributed by atoms with Crippen molar-refractivity contribution in [3.8, 4) is 0 Å². The van der Waals surface area contributed by atoms with Crippen LogP contribution in [-0.4, -0.2) is 22.5 Å². The topological polar surface area (TPSA) is 84.6 Å². The summed E-state index contributed by atoms with van der Waals surface area (Å²) in [4.78, 5) is 37.8. The molecule has 2 unspecified atom stereocenters. The van der Waals surface area contributed by atoms with Crippen LogP contribution in [0.15, 0.2) is 28.7 Å². The highest BCUT2D eigenvalue weighted by molar-refractivity contribution is 6.23. The van der Waals surface area contributed by atoms with Gasteiger partial charge in [0, 0.05) is 33.2 Å². The number of hydrogen-bond acceptors (Lipinski definition) is 5. The van der Waals surface area contributed by atoms with Crippen LogP contribution >= 0.6 is 0 Å². The number of rotatable bonds is 1. The minimum atomic E-state index is -0.801. The van der Waals surface area contributed by atoms with E-state index in [9.17, 15) is 19.5 Å².